The molecule has 3 unspecified atom stereocenters. The number of hydrogen-bond donors (Lipinski definition) is 2. The van der Waals surface area contributed by atoms with Gasteiger partial charge in [0, 0.05) is 0 Å². The van der Waals surface area contributed by atoms with Crippen molar-refractivity contribution >= 4 is 44.3 Å². The molecule has 0 aromatic heterocycles. The predicted molar refractivity (Wildman–Crippen MR) is 138 cm³/mol. The van der Waals surface area contributed by atoms with Gasteiger partial charge in [-0.3, -0.25) is 0 Å². The minimum atomic E-state index is -0.714. The molecule has 0 aliphatic heterocycles. The molecule has 7 heteroatoms. The first-order valence-corrected chi connectivity index (χ1v) is 14.0. The molecule has 0 aromatic rings. The lowest BCUT2D eigenvalue weighted by Crippen LogP contribution is -2.34. The molecule has 0 amide bonds. The number of unbranched alkanes of at least 4 members (excludes halogenated alkanes) is 13. The van der Waals surface area contributed by atoms with Crippen molar-refractivity contribution in [3.63, 3.8) is 0 Å². The largest absolute Gasteiger partial charge is 0.641 e. The van der Waals surface area contributed by atoms with Gasteiger partial charge < -0.3 is 14.0 Å². The maximum atomic E-state index is 5.81. The molecular weight excluding hydrogens is 419 g/mol. The Bertz CT molecular complexity index is 326. The molecule has 0 heterocycles. The van der Waals surface area contributed by atoms with Crippen molar-refractivity contribution in [2.24, 2.45) is 0 Å². The molecule has 0 saturated carbocycles. The summed E-state index contributed by atoms with van der Waals surface area (Å²) in [7, 11) is -0.714. The van der Waals surface area contributed by atoms with E-state index in [9.17, 15) is 0 Å². The highest BCUT2D eigenvalue weighted by atomic mass is 32.2. The van der Waals surface area contributed by atoms with Gasteiger partial charge in [0.15, 0.2) is 0 Å². The zero-order chi connectivity index (χ0) is 21.7. The molecule has 0 aliphatic carbocycles. The molecule has 0 aliphatic rings. The average Bonchev–Trinajstić information content (AvgIpc) is 2.63. The summed E-state index contributed by atoms with van der Waals surface area (Å²) in [5.74, 6) is 1.11. The summed E-state index contributed by atoms with van der Waals surface area (Å²) in [5.41, 5.74) is -0.453. The molecule has 0 rings (SSSR count). The Morgan fingerprint density at radius 1 is 0.621 bits per heavy atom. The minimum absolute atomic E-state index is 0.0288. The molecule has 3 atom stereocenters. The minimum Gasteiger partial charge on any atom is -0.374 e. The molecule has 3 nitrogen and oxygen atoms in total. The Balaban J connectivity index is 3.44. The van der Waals surface area contributed by atoms with Gasteiger partial charge in [0.2, 0.25) is 0 Å². The standard InChI is InChI=1S/C22H47BO3S3/c1-5-6-7-8-9-10-11-12-13-14-15-16-17-18-19-29-22(4)26-23(24-20(2)27)25-21(3)28/h20-22,27-28H,5-19H2,1-4H3. The van der Waals surface area contributed by atoms with Gasteiger partial charge >= 0.3 is 7.32 Å². The Labute approximate surface area is 197 Å². The van der Waals surface area contributed by atoms with Crippen LogP contribution in [-0.2, 0) is 14.0 Å². The van der Waals surface area contributed by atoms with Crippen LogP contribution in [0.15, 0.2) is 0 Å². The lowest BCUT2D eigenvalue weighted by molar-refractivity contribution is 0.0819. The Morgan fingerprint density at radius 2 is 1.00 bits per heavy atom. The van der Waals surface area contributed by atoms with Crippen molar-refractivity contribution in [3.05, 3.63) is 0 Å². The third-order valence-corrected chi connectivity index (χ3v) is 6.12. The summed E-state index contributed by atoms with van der Waals surface area (Å²) in [4.78, 5) is 0. The van der Waals surface area contributed by atoms with Crippen LogP contribution >= 0.6 is 37.0 Å². The van der Waals surface area contributed by atoms with E-state index in [-0.39, 0.29) is 16.3 Å². The van der Waals surface area contributed by atoms with Crippen molar-refractivity contribution in [1.82, 2.24) is 0 Å². The monoisotopic (exact) mass is 466 g/mol. The molecule has 174 valence electrons. The van der Waals surface area contributed by atoms with Crippen LogP contribution < -0.4 is 0 Å². The first-order valence-electron chi connectivity index (χ1n) is 11.9. The number of thiol groups is 2. The van der Waals surface area contributed by atoms with Gasteiger partial charge in [0.05, 0.1) is 16.3 Å². The lowest BCUT2D eigenvalue weighted by atomic mass is 10.0. The third kappa shape index (κ3) is 23.5. The van der Waals surface area contributed by atoms with Crippen LogP contribution in [0.4, 0.5) is 0 Å². The predicted octanol–water partition coefficient (Wildman–Crippen LogP) is 8.13. The molecule has 0 radical (unpaired) electrons. The van der Waals surface area contributed by atoms with Crippen LogP contribution in [0.5, 0.6) is 0 Å². The normalized spacial score (nSPS) is 14.7. The summed E-state index contributed by atoms with van der Waals surface area (Å²) >= 11 is 10.3. The van der Waals surface area contributed by atoms with Crippen LogP contribution in [0.1, 0.15) is 118 Å². The Kier molecular flexibility index (Phi) is 23.0. The molecule has 0 saturated heterocycles. The maximum absolute atomic E-state index is 5.81. The SMILES string of the molecule is CCCCCCCCCCCCCCCCSC(C)OB(OC(C)S)OC(C)S. The second kappa shape index (κ2) is 22.2. The van der Waals surface area contributed by atoms with Crippen LogP contribution in [0, 0.1) is 0 Å². The van der Waals surface area contributed by atoms with Crippen molar-refractivity contribution in [1.29, 1.82) is 0 Å². The van der Waals surface area contributed by atoms with E-state index in [0.29, 0.717) is 0 Å². The van der Waals surface area contributed by atoms with Gasteiger partial charge in [0.1, 0.15) is 0 Å². The smallest absolute Gasteiger partial charge is 0.374 e. The van der Waals surface area contributed by atoms with Crippen molar-refractivity contribution in [3.8, 4) is 0 Å². The van der Waals surface area contributed by atoms with Crippen LogP contribution in [-0.4, -0.2) is 29.4 Å². The maximum Gasteiger partial charge on any atom is 0.641 e. The summed E-state index contributed by atoms with van der Waals surface area (Å²) < 4.78 is 16.8. The first-order chi connectivity index (χ1) is 14.0. The second-order valence-electron chi connectivity index (χ2n) is 7.93. The zero-order valence-corrected chi connectivity index (χ0v) is 22.0. The fourth-order valence-corrected chi connectivity index (χ4v) is 4.23. The van der Waals surface area contributed by atoms with Gasteiger partial charge in [-0.25, -0.2) is 0 Å². The highest BCUT2D eigenvalue weighted by Gasteiger charge is 2.27. The van der Waals surface area contributed by atoms with Gasteiger partial charge in [-0.05, 0) is 32.9 Å². The highest BCUT2D eigenvalue weighted by Crippen LogP contribution is 2.19. The average molecular weight is 467 g/mol. The van der Waals surface area contributed by atoms with Crippen molar-refractivity contribution in [2.45, 2.75) is 134 Å². The second-order valence-corrected chi connectivity index (χ2v) is 10.8. The van der Waals surface area contributed by atoms with Crippen LogP contribution in [0.3, 0.4) is 0 Å². The molecule has 0 N–H and O–H groups in total. The number of thioether (sulfide) groups is 1. The van der Waals surface area contributed by atoms with E-state index < -0.39 is 7.32 Å². The van der Waals surface area contributed by atoms with E-state index in [4.69, 9.17) is 14.0 Å². The van der Waals surface area contributed by atoms with Gasteiger partial charge in [0.25, 0.3) is 0 Å². The zero-order valence-electron chi connectivity index (χ0n) is 19.4. The van der Waals surface area contributed by atoms with Gasteiger partial charge in [-0.2, -0.15) is 0 Å². The Hall–Kier alpha value is 0.995. The Morgan fingerprint density at radius 3 is 1.38 bits per heavy atom. The van der Waals surface area contributed by atoms with Crippen LogP contribution in [0.2, 0.25) is 0 Å². The van der Waals surface area contributed by atoms with E-state index in [1.807, 2.05) is 32.5 Å². The van der Waals surface area contributed by atoms with E-state index in [1.54, 1.807) is 0 Å². The number of hydrogen-bond acceptors (Lipinski definition) is 6. The molecule has 0 bridgehead atoms. The van der Waals surface area contributed by atoms with E-state index >= 15 is 0 Å². The third-order valence-electron chi connectivity index (χ3n) is 4.77. The lowest BCUT2D eigenvalue weighted by Gasteiger charge is -2.21. The van der Waals surface area contributed by atoms with Gasteiger partial charge in [-0.15, -0.1) is 37.0 Å². The van der Waals surface area contributed by atoms with E-state index in [2.05, 4.69) is 32.2 Å². The summed E-state index contributed by atoms with van der Waals surface area (Å²) in [5, 5.41) is 0. The fraction of sp³-hybridized carbons (Fsp3) is 1.00. The molecular formula is C22H47BO3S3. The summed E-state index contributed by atoms with van der Waals surface area (Å²) in [6, 6.07) is 0. The molecule has 0 fully saturated rings. The quantitative estimate of drug-likeness (QED) is 0.0729. The first kappa shape index (κ1) is 30.0. The van der Waals surface area contributed by atoms with Crippen LogP contribution in [0.25, 0.3) is 0 Å². The van der Waals surface area contributed by atoms with Gasteiger partial charge in [-0.1, -0.05) is 90.4 Å². The van der Waals surface area contributed by atoms with Crippen molar-refractivity contribution in [2.75, 3.05) is 5.75 Å². The molecule has 29 heavy (non-hydrogen) atoms. The number of rotatable bonds is 22. The topological polar surface area (TPSA) is 27.7 Å². The molecule has 0 aromatic carbocycles. The van der Waals surface area contributed by atoms with E-state index in [0.717, 1.165) is 5.75 Å². The fourth-order valence-electron chi connectivity index (χ4n) is 3.16. The summed E-state index contributed by atoms with van der Waals surface area (Å²) in [6.45, 7) is 8.02. The highest BCUT2D eigenvalue weighted by molar-refractivity contribution is 7.99. The van der Waals surface area contributed by atoms with E-state index in [1.165, 1.54) is 89.9 Å². The van der Waals surface area contributed by atoms with Crippen molar-refractivity contribution < 1.29 is 14.0 Å². The molecule has 0 spiro atoms. The summed E-state index contributed by atoms with van der Waals surface area (Å²) in [6.07, 6.45) is 19.5.